The molecule has 8 heteroatoms. The molecule has 0 aliphatic carbocycles. The number of likely N-dealkylation sites (tertiary alicyclic amines) is 1. The molecular weight excluding hydrogens is 406 g/mol. The van der Waals surface area contributed by atoms with E-state index in [0.717, 1.165) is 74.0 Å². The van der Waals surface area contributed by atoms with Crippen molar-refractivity contribution in [2.24, 2.45) is 5.92 Å². The number of piperazine rings is 1. The highest BCUT2D eigenvalue weighted by Gasteiger charge is 2.25. The van der Waals surface area contributed by atoms with Crippen molar-refractivity contribution >= 4 is 33.2 Å². The molecular formula is C23H31N7S. The number of piperidine rings is 1. The van der Waals surface area contributed by atoms with Crippen LogP contribution < -0.4 is 9.80 Å². The summed E-state index contributed by atoms with van der Waals surface area (Å²) in [4.78, 5) is 28.6. The maximum Gasteiger partial charge on any atom is 0.147 e. The van der Waals surface area contributed by atoms with Crippen LogP contribution in [0.25, 0.3) is 10.2 Å². The van der Waals surface area contributed by atoms with Crippen molar-refractivity contribution in [3.05, 3.63) is 34.9 Å². The SMILES string of the molecule is Cc1sc2nc(CN3CCC(C)CC3)nc(N3CCN(c4cnccn4)CC3)c2c1C. The van der Waals surface area contributed by atoms with Gasteiger partial charge in [0.1, 0.15) is 22.3 Å². The predicted octanol–water partition coefficient (Wildman–Crippen LogP) is 3.66. The van der Waals surface area contributed by atoms with Gasteiger partial charge in [0.2, 0.25) is 0 Å². The first kappa shape index (κ1) is 20.6. The lowest BCUT2D eigenvalue weighted by atomic mass is 9.99. The zero-order valence-corrected chi connectivity index (χ0v) is 19.5. The summed E-state index contributed by atoms with van der Waals surface area (Å²) in [5.74, 6) is 3.88. The van der Waals surface area contributed by atoms with Crippen LogP contribution in [0.3, 0.4) is 0 Å². The van der Waals surface area contributed by atoms with Crippen molar-refractivity contribution in [1.82, 2.24) is 24.8 Å². The van der Waals surface area contributed by atoms with Crippen LogP contribution >= 0.6 is 11.3 Å². The Hall–Kier alpha value is -2.32. The first-order chi connectivity index (χ1) is 15.1. The topological polar surface area (TPSA) is 61.3 Å². The summed E-state index contributed by atoms with van der Waals surface area (Å²) < 4.78 is 0. The number of rotatable bonds is 4. The van der Waals surface area contributed by atoms with Gasteiger partial charge in [0.15, 0.2) is 0 Å². The van der Waals surface area contributed by atoms with Gasteiger partial charge in [0.05, 0.1) is 18.1 Å². The zero-order valence-electron chi connectivity index (χ0n) is 18.7. The van der Waals surface area contributed by atoms with Crippen LogP contribution in [0.4, 0.5) is 11.6 Å². The molecule has 5 rings (SSSR count). The Balaban J connectivity index is 1.40. The predicted molar refractivity (Wildman–Crippen MR) is 127 cm³/mol. The molecule has 2 saturated heterocycles. The van der Waals surface area contributed by atoms with Crippen molar-refractivity contribution < 1.29 is 0 Å². The minimum Gasteiger partial charge on any atom is -0.352 e. The highest BCUT2D eigenvalue weighted by Crippen LogP contribution is 2.35. The third kappa shape index (κ3) is 4.23. The van der Waals surface area contributed by atoms with E-state index in [-0.39, 0.29) is 0 Å². The Labute approximate surface area is 188 Å². The zero-order chi connectivity index (χ0) is 21.4. The van der Waals surface area contributed by atoms with Crippen LogP contribution in [0, 0.1) is 19.8 Å². The first-order valence-electron chi connectivity index (χ1n) is 11.3. The molecule has 31 heavy (non-hydrogen) atoms. The summed E-state index contributed by atoms with van der Waals surface area (Å²) >= 11 is 1.81. The van der Waals surface area contributed by atoms with E-state index in [1.807, 2.05) is 6.20 Å². The molecule has 0 saturated carbocycles. The second-order valence-electron chi connectivity index (χ2n) is 8.92. The van der Waals surface area contributed by atoms with Crippen LogP contribution in [0.1, 0.15) is 36.0 Å². The number of hydrogen-bond acceptors (Lipinski definition) is 8. The highest BCUT2D eigenvalue weighted by atomic mass is 32.1. The van der Waals surface area contributed by atoms with Crippen molar-refractivity contribution in [3.8, 4) is 0 Å². The molecule has 0 atom stereocenters. The summed E-state index contributed by atoms with van der Waals surface area (Å²) in [6.07, 6.45) is 7.89. The molecule has 164 valence electrons. The molecule has 0 N–H and O–H groups in total. The lowest BCUT2D eigenvalue weighted by Gasteiger charge is -2.36. The quantitative estimate of drug-likeness (QED) is 0.617. The van der Waals surface area contributed by atoms with E-state index in [9.17, 15) is 0 Å². The van der Waals surface area contributed by atoms with Gasteiger partial charge in [-0.15, -0.1) is 11.3 Å². The lowest BCUT2D eigenvalue weighted by Crippen LogP contribution is -2.47. The van der Waals surface area contributed by atoms with Gasteiger partial charge in [-0.05, 0) is 51.3 Å². The van der Waals surface area contributed by atoms with Crippen molar-refractivity contribution in [2.75, 3.05) is 49.1 Å². The Morgan fingerprint density at radius 2 is 1.71 bits per heavy atom. The van der Waals surface area contributed by atoms with E-state index in [2.05, 4.69) is 45.4 Å². The number of hydrogen-bond donors (Lipinski definition) is 0. The molecule has 0 radical (unpaired) electrons. The molecule has 3 aromatic heterocycles. The van der Waals surface area contributed by atoms with Gasteiger partial charge < -0.3 is 9.80 Å². The van der Waals surface area contributed by atoms with E-state index in [4.69, 9.17) is 9.97 Å². The highest BCUT2D eigenvalue weighted by molar-refractivity contribution is 7.18. The molecule has 0 amide bonds. The number of nitrogens with zero attached hydrogens (tertiary/aromatic N) is 7. The Morgan fingerprint density at radius 3 is 2.42 bits per heavy atom. The van der Waals surface area contributed by atoms with E-state index < -0.39 is 0 Å². The van der Waals surface area contributed by atoms with Crippen LogP contribution in [0.15, 0.2) is 18.6 Å². The first-order valence-corrected chi connectivity index (χ1v) is 12.1. The second-order valence-corrected chi connectivity index (χ2v) is 10.1. The van der Waals surface area contributed by atoms with Crippen LogP contribution in [0.2, 0.25) is 0 Å². The molecule has 0 aromatic carbocycles. The normalized spacial score (nSPS) is 18.8. The van der Waals surface area contributed by atoms with Gasteiger partial charge in [-0.25, -0.2) is 15.0 Å². The minimum atomic E-state index is 0.836. The molecule has 3 aromatic rings. The number of aryl methyl sites for hydroxylation is 2. The number of thiophene rings is 1. The lowest BCUT2D eigenvalue weighted by molar-refractivity contribution is 0.181. The third-order valence-electron chi connectivity index (χ3n) is 6.75. The smallest absolute Gasteiger partial charge is 0.147 e. The number of fused-ring (bicyclic) bond motifs is 1. The van der Waals surface area contributed by atoms with E-state index in [0.29, 0.717) is 0 Å². The molecule has 2 aliphatic heterocycles. The Morgan fingerprint density at radius 1 is 0.968 bits per heavy atom. The summed E-state index contributed by atoms with van der Waals surface area (Å²) in [6.45, 7) is 13.6. The fraction of sp³-hybridized carbons (Fsp3) is 0.565. The van der Waals surface area contributed by atoms with Crippen molar-refractivity contribution in [3.63, 3.8) is 0 Å². The maximum atomic E-state index is 5.14. The van der Waals surface area contributed by atoms with Crippen molar-refractivity contribution in [2.45, 2.75) is 40.2 Å². The average molecular weight is 438 g/mol. The van der Waals surface area contributed by atoms with Gasteiger partial charge in [0.25, 0.3) is 0 Å². The number of anilines is 2. The van der Waals surface area contributed by atoms with Crippen molar-refractivity contribution in [1.29, 1.82) is 0 Å². The van der Waals surface area contributed by atoms with E-state index >= 15 is 0 Å². The standard InChI is InChI=1S/C23H31N7S/c1-16-4-8-28(9-5-16)15-19-26-22(21-17(2)18(3)31-23(21)27-19)30-12-10-29(11-13-30)20-14-24-6-7-25-20/h6-7,14,16H,4-5,8-13,15H2,1-3H3. The van der Waals surface area contributed by atoms with Crippen LogP contribution in [0.5, 0.6) is 0 Å². The number of aromatic nitrogens is 4. The van der Waals surface area contributed by atoms with E-state index in [1.54, 1.807) is 23.7 Å². The maximum absolute atomic E-state index is 5.14. The largest absolute Gasteiger partial charge is 0.352 e. The summed E-state index contributed by atoms with van der Waals surface area (Å²) in [7, 11) is 0. The second kappa shape index (κ2) is 8.67. The third-order valence-corrected chi connectivity index (χ3v) is 7.85. The average Bonchev–Trinajstić information content (AvgIpc) is 3.09. The van der Waals surface area contributed by atoms with Gasteiger partial charge >= 0.3 is 0 Å². The van der Waals surface area contributed by atoms with Gasteiger partial charge in [-0.3, -0.25) is 9.88 Å². The molecule has 2 aliphatic rings. The molecule has 7 nitrogen and oxygen atoms in total. The van der Waals surface area contributed by atoms with Crippen LogP contribution in [-0.2, 0) is 6.54 Å². The summed E-state index contributed by atoms with van der Waals surface area (Å²) in [5, 5.41) is 1.24. The molecule has 0 unspecified atom stereocenters. The molecule has 2 fully saturated rings. The van der Waals surface area contributed by atoms with Gasteiger partial charge in [0, 0.05) is 43.4 Å². The monoisotopic (exact) mass is 437 g/mol. The summed E-state index contributed by atoms with van der Waals surface area (Å²) in [6, 6.07) is 0. The molecule has 0 bridgehead atoms. The van der Waals surface area contributed by atoms with Gasteiger partial charge in [-0.1, -0.05) is 6.92 Å². The fourth-order valence-corrected chi connectivity index (χ4v) is 5.64. The fourth-order valence-electron chi connectivity index (χ4n) is 4.59. The van der Waals surface area contributed by atoms with E-state index in [1.165, 1.54) is 28.7 Å². The summed E-state index contributed by atoms with van der Waals surface area (Å²) in [5.41, 5.74) is 1.32. The van der Waals surface area contributed by atoms with Gasteiger partial charge in [-0.2, -0.15) is 0 Å². The van der Waals surface area contributed by atoms with Crippen LogP contribution in [-0.4, -0.2) is 64.1 Å². The Kier molecular flexibility index (Phi) is 5.75. The minimum absolute atomic E-state index is 0.836. The molecule has 5 heterocycles. The molecule has 0 spiro atoms. The Bertz CT molecular complexity index is 1040.